The minimum atomic E-state index is 0.527. The van der Waals surface area contributed by atoms with Gasteiger partial charge in [-0.2, -0.15) is 0 Å². The van der Waals surface area contributed by atoms with Crippen molar-refractivity contribution in [1.29, 1.82) is 0 Å². The lowest BCUT2D eigenvalue weighted by Gasteiger charge is -2.26. The molecule has 1 aromatic rings. The number of hydrogen-bond donors (Lipinski definition) is 1. The zero-order valence-electron chi connectivity index (χ0n) is 12.2. The number of rotatable bonds is 9. The van der Waals surface area contributed by atoms with E-state index in [0.717, 1.165) is 23.0 Å². The summed E-state index contributed by atoms with van der Waals surface area (Å²) in [4.78, 5) is 4.39. The largest absolute Gasteiger partial charge is 0.313 e. The first-order chi connectivity index (χ1) is 9.22. The summed E-state index contributed by atoms with van der Waals surface area (Å²) in [6.45, 7) is 7.77. The first kappa shape index (κ1) is 16.8. The van der Waals surface area contributed by atoms with E-state index in [0.29, 0.717) is 11.3 Å². The predicted octanol–water partition coefficient (Wildman–Crippen LogP) is 4.77. The Bertz CT molecular complexity index is 360. The molecule has 4 heteroatoms. The molecule has 19 heavy (non-hydrogen) atoms. The SMILES string of the molecule is CCCNC(CCC)C(CC)Sc1ncccc1Cl. The smallest absolute Gasteiger partial charge is 0.115 e. The Morgan fingerprint density at radius 1 is 1.32 bits per heavy atom. The lowest BCUT2D eigenvalue weighted by molar-refractivity contribution is 0.454. The summed E-state index contributed by atoms with van der Waals surface area (Å²) in [7, 11) is 0. The summed E-state index contributed by atoms with van der Waals surface area (Å²) >= 11 is 8.02. The Morgan fingerprint density at radius 3 is 2.68 bits per heavy atom. The lowest BCUT2D eigenvalue weighted by atomic mass is 10.1. The summed E-state index contributed by atoms with van der Waals surface area (Å²) in [6, 6.07) is 4.34. The van der Waals surface area contributed by atoms with Crippen molar-refractivity contribution in [3.8, 4) is 0 Å². The van der Waals surface area contributed by atoms with E-state index in [1.165, 1.54) is 19.3 Å². The predicted molar refractivity (Wildman–Crippen MR) is 86.2 cm³/mol. The highest BCUT2D eigenvalue weighted by molar-refractivity contribution is 8.00. The molecule has 0 radical (unpaired) electrons. The van der Waals surface area contributed by atoms with Crippen molar-refractivity contribution < 1.29 is 0 Å². The summed E-state index contributed by atoms with van der Waals surface area (Å²) in [5, 5.41) is 5.91. The van der Waals surface area contributed by atoms with E-state index in [4.69, 9.17) is 11.6 Å². The molecule has 1 heterocycles. The second-order valence-electron chi connectivity index (χ2n) is 4.70. The zero-order chi connectivity index (χ0) is 14.1. The van der Waals surface area contributed by atoms with Gasteiger partial charge in [0, 0.05) is 17.5 Å². The van der Waals surface area contributed by atoms with Crippen LogP contribution in [0.15, 0.2) is 23.4 Å². The molecule has 0 fully saturated rings. The van der Waals surface area contributed by atoms with Gasteiger partial charge in [0.25, 0.3) is 0 Å². The second kappa shape index (κ2) is 9.62. The van der Waals surface area contributed by atoms with Crippen molar-refractivity contribution in [3.05, 3.63) is 23.4 Å². The van der Waals surface area contributed by atoms with Crippen molar-refractivity contribution in [1.82, 2.24) is 10.3 Å². The van der Waals surface area contributed by atoms with Gasteiger partial charge in [0.1, 0.15) is 5.03 Å². The molecule has 2 unspecified atom stereocenters. The molecule has 1 rings (SSSR count). The van der Waals surface area contributed by atoms with Crippen LogP contribution in [0.4, 0.5) is 0 Å². The molecular formula is C15H25ClN2S. The topological polar surface area (TPSA) is 24.9 Å². The summed E-state index contributed by atoms with van der Waals surface area (Å²) in [6.07, 6.45) is 6.52. The van der Waals surface area contributed by atoms with Gasteiger partial charge in [-0.05, 0) is 37.9 Å². The van der Waals surface area contributed by atoms with Gasteiger partial charge in [-0.15, -0.1) is 0 Å². The minimum absolute atomic E-state index is 0.527. The van der Waals surface area contributed by atoms with Crippen LogP contribution in [-0.2, 0) is 0 Å². The number of nitrogens with one attached hydrogen (secondary N) is 1. The van der Waals surface area contributed by atoms with Gasteiger partial charge in [0.15, 0.2) is 0 Å². The highest BCUT2D eigenvalue weighted by Gasteiger charge is 2.21. The Hall–Kier alpha value is -0.250. The van der Waals surface area contributed by atoms with Gasteiger partial charge in [-0.3, -0.25) is 0 Å². The Kier molecular flexibility index (Phi) is 8.51. The van der Waals surface area contributed by atoms with Crippen LogP contribution in [-0.4, -0.2) is 22.8 Å². The molecule has 0 aliphatic heterocycles. The molecule has 1 N–H and O–H groups in total. The number of halogens is 1. The van der Waals surface area contributed by atoms with Crippen LogP contribution in [0.1, 0.15) is 46.5 Å². The van der Waals surface area contributed by atoms with Crippen LogP contribution in [0.5, 0.6) is 0 Å². The maximum atomic E-state index is 6.21. The lowest BCUT2D eigenvalue weighted by Crippen LogP contribution is -2.38. The standard InChI is InChI=1S/C15H25ClN2S/c1-4-8-13(17-10-5-2)14(6-3)19-15-12(16)9-7-11-18-15/h7,9,11,13-14,17H,4-6,8,10H2,1-3H3. The van der Waals surface area contributed by atoms with Gasteiger partial charge in [0.05, 0.1) is 5.02 Å². The van der Waals surface area contributed by atoms with E-state index in [2.05, 4.69) is 31.1 Å². The Morgan fingerprint density at radius 2 is 2.11 bits per heavy atom. The van der Waals surface area contributed by atoms with Crippen molar-refractivity contribution in [3.63, 3.8) is 0 Å². The number of pyridine rings is 1. The fourth-order valence-corrected chi connectivity index (χ4v) is 3.52. The van der Waals surface area contributed by atoms with E-state index in [1.807, 2.05) is 30.1 Å². The summed E-state index contributed by atoms with van der Waals surface area (Å²) in [5.41, 5.74) is 0. The normalized spacial score (nSPS) is 14.3. The zero-order valence-corrected chi connectivity index (χ0v) is 13.7. The van der Waals surface area contributed by atoms with Crippen molar-refractivity contribution in [2.24, 2.45) is 0 Å². The van der Waals surface area contributed by atoms with Crippen LogP contribution in [0, 0.1) is 0 Å². The monoisotopic (exact) mass is 300 g/mol. The molecular weight excluding hydrogens is 276 g/mol. The van der Waals surface area contributed by atoms with E-state index in [-0.39, 0.29) is 0 Å². The molecule has 2 atom stereocenters. The van der Waals surface area contributed by atoms with Crippen molar-refractivity contribution in [2.45, 2.75) is 62.8 Å². The summed E-state index contributed by atoms with van der Waals surface area (Å²) < 4.78 is 0. The quantitative estimate of drug-likeness (QED) is 0.665. The first-order valence-electron chi connectivity index (χ1n) is 7.23. The van der Waals surface area contributed by atoms with Gasteiger partial charge >= 0.3 is 0 Å². The van der Waals surface area contributed by atoms with E-state index >= 15 is 0 Å². The number of thioether (sulfide) groups is 1. The third-order valence-corrected chi connectivity index (χ3v) is 5.03. The third kappa shape index (κ3) is 5.72. The Labute approximate surface area is 126 Å². The van der Waals surface area contributed by atoms with Crippen molar-refractivity contribution in [2.75, 3.05) is 6.54 Å². The highest BCUT2D eigenvalue weighted by atomic mass is 35.5. The van der Waals surface area contributed by atoms with Crippen LogP contribution in [0.2, 0.25) is 5.02 Å². The molecule has 2 nitrogen and oxygen atoms in total. The fourth-order valence-electron chi connectivity index (χ4n) is 2.11. The molecule has 0 amide bonds. The van der Waals surface area contributed by atoms with E-state index < -0.39 is 0 Å². The Balaban J connectivity index is 2.70. The maximum absolute atomic E-state index is 6.21. The van der Waals surface area contributed by atoms with Gasteiger partial charge in [-0.1, -0.05) is 50.6 Å². The third-order valence-electron chi connectivity index (χ3n) is 3.10. The fraction of sp³-hybridized carbons (Fsp3) is 0.667. The molecule has 0 aromatic carbocycles. The number of aromatic nitrogens is 1. The number of nitrogens with zero attached hydrogens (tertiary/aromatic N) is 1. The van der Waals surface area contributed by atoms with Gasteiger partial charge in [-0.25, -0.2) is 4.98 Å². The van der Waals surface area contributed by atoms with Crippen LogP contribution < -0.4 is 5.32 Å². The molecule has 1 aromatic heterocycles. The molecule has 0 aliphatic carbocycles. The van der Waals surface area contributed by atoms with Gasteiger partial charge < -0.3 is 5.32 Å². The van der Waals surface area contributed by atoms with Crippen molar-refractivity contribution >= 4 is 23.4 Å². The summed E-state index contributed by atoms with van der Waals surface area (Å²) in [5.74, 6) is 0. The molecule has 0 aliphatic rings. The van der Waals surface area contributed by atoms with E-state index in [9.17, 15) is 0 Å². The molecule has 0 saturated heterocycles. The number of hydrogen-bond acceptors (Lipinski definition) is 3. The maximum Gasteiger partial charge on any atom is 0.115 e. The first-order valence-corrected chi connectivity index (χ1v) is 8.49. The minimum Gasteiger partial charge on any atom is -0.313 e. The average molecular weight is 301 g/mol. The van der Waals surface area contributed by atoms with Crippen LogP contribution >= 0.6 is 23.4 Å². The molecule has 0 saturated carbocycles. The average Bonchev–Trinajstić information content (AvgIpc) is 2.43. The molecule has 0 spiro atoms. The van der Waals surface area contributed by atoms with Crippen LogP contribution in [0.25, 0.3) is 0 Å². The van der Waals surface area contributed by atoms with Crippen LogP contribution in [0.3, 0.4) is 0 Å². The van der Waals surface area contributed by atoms with E-state index in [1.54, 1.807) is 0 Å². The highest BCUT2D eigenvalue weighted by Crippen LogP contribution is 2.32. The van der Waals surface area contributed by atoms with Gasteiger partial charge in [0.2, 0.25) is 0 Å². The molecule has 0 bridgehead atoms. The second-order valence-corrected chi connectivity index (χ2v) is 6.34. The molecule has 108 valence electrons.